The van der Waals surface area contributed by atoms with Crippen molar-refractivity contribution in [3.8, 4) is 0 Å². The molecule has 0 aliphatic heterocycles. The third kappa shape index (κ3) is 43.9. The number of carbonyl (C=O) groups is 3. The molecule has 0 saturated heterocycles. The summed E-state index contributed by atoms with van der Waals surface area (Å²) in [6.45, 7) is 6.03. The lowest BCUT2D eigenvalue weighted by Crippen LogP contribution is -2.30. The fourth-order valence-electron chi connectivity index (χ4n) is 4.98. The lowest BCUT2D eigenvalue weighted by atomic mass is 10.1. The van der Waals surface area contributed by atoms with Crippen molar-refractivity contribution in [1.29, 1.82) is 0 Å². The molecule has 6 nitrogen and oxygen atoms in total. The van der Waals surface area contributed by atoms with Gasteiger partial charge in [-0.2, -0.15) is 0 Å². The zero-order valence-electron chi connectivity index (χ0n) is 37.1. The van der Waals surface area contributed by atoms with Gasteiger partial charge in [-0.25, -0.2) is 0 Å². The van der Waals surface area contributed by atoms with Crippen LogP contribution >= 0.6 is 0 Å². The van der Waals surface area contributed by atoms with Crippen molar-refractivity contribution < 1.29 is 28.6 Å². The fourth-order valence-corrected chi connectivity index (χ4v) is 4.98. The molecule has 0 aliphatic rings. The van der Waals surface area contributed by atoms with Crippen LogP contribution in [-0.4, -0.2) is 37.2 Å². The Bertz CT molecular complexity index is 1500. The van der Waals surface area contributed by atoms with Crippen LogP contribution in [0.15, 0.2) is 170 Å². The lowest BCUT2D eigenvalue weighted by Gasteiger charge is -2.18. The summed E-state index contributed by atoms with van der Waals surface area (Å²) >= 11 is 0. The van der Waals surface area contributed by atoms with Crippen molar-refractivity contribution in [2.45, 2.75) is 136 Å². The fraction of sp³-hybridized carbons (Fsp3) is 0.426. The summed E-state index contributed by atoms with van der Waals surface area (Å²) in [4.78, 5) is 37.7. The molecule has 0 aromatic carbocycles. The zero-order valence-corrected chi connectivity index (χ0v) is 37.1. The van der Waals surface area contributed by atoms with Crippen LogP contribution in [0.5, 0.6) is 0 Å². The van der Waals surface area contributed by atoms with E-state index in [1.165, 1.54) is 0 Å². The second kappa shape index (κ2) is 46.5. The second-order valence-electron chi connectivity index (χ2n) is 13.7. The predicted octanol–water partition coefficient (Wildman–Crippen LogP) is 14.5. The Labute approximate surface area is 364 Å². The summed E-state index contributed by atoms with van der Waals surface area (Å²) in [5.41, 5.74) is 0. The van der Waals surface area contributed by atoms with E-state index in [0.29, 0.717) is 25.7 Å². The highest BCUT2D eigenvalue weighted by atomic mass is 16.6. The quantitative estimate of drug-likeness (QED) is 0.0206. The lowest BCUT2D eigenvalue weighted by molar-refractivity contribution is -0.167. The van der Waals surface area contributed by atoms with Gasteiger partial charge in [0.15, 0.2) is 6.10 Å². The maximum Gasteiger partial charge on any atom is 0.306 e. The van der Waals surface area contributed by atoms with Crippen molar-refractivity contribution in [1.82, 2.24) is 0 Å². The first-order valence-corrected chi connectivity index (χ1v) is 22.3. The normalized spacial score (nSPS) is 13.7. The van der Waals surface area contributed by atoms with Crippen molar-refractivity contribution in [3.05, 3.63) is 170 Å². The van der Waals surface area contributed by atoms with Crippen molar-refractivity contribution in [3.63, 3.8) is 0 Å². The van der Waals surface area contributed by atoms with E-state index in [4.69, 9.17) is 14.2 Å². The van der Waals surface area contributed by atoms with Gasteiger partial charge in [0.1, 0.15) is 13.2 Å². The Morgan fingerprint density at radius 3 is 1.18 bits per heavy atom. The smallest absolute Gasteiger partial charge is 0.306 e. The Hall–Kier alpha value is -5.23. The maximum atomic E-state index is 12.7. The first-order valence-electron chi connectivity index (χ1n) is 22.3. The molecule has 0 fully saturated rings. The molecule has 0 aromatic heterocycles. The van der Waals surface area contributed by atoms with E-state index in [0.717, 1.165) is 64.2 Å². The summed E-state index contributed by atoms with van der Waals surface area (Å²) in [6.07, 6.45) is 69.1. The molecule has 60 heavy (non-hydrogen) atoms. The molecule has 0 aromatic rings. The minimum Gasteiger partial charge on any atom is -0.462 e. The van der Waals surface area contributed by atoms with Crippen LogP contribution in [0.2, 0.25) is 0 Å². The zero-order chi connectivity index (χ0) is 43.7. The van der Waals surface area contributed by atoms with Crippen LogP contribution in [0.25, 0.3) is 0 Å². The molecule has 0 radical (unpaired) electrons. The van der Waals surface area contributed by atoms with Crippen LogP contribution in [0, 0.1) is 0 Å². The molecule has 328 valence electrons. The number of esters is 3. The number of ether oxygens (including phenoxy) is 3. The Morgan fingerprint density at radius 1 is 0.350 bits per heavy atom. The van der Waals surface area contributed by atoms with E-state index < -0.39 is 12.1 Å². The highest BCUT2D eigenvalue weighted by Gasteiger charge is 2.19. The molecule has 1 unspecified atom stereocenters. The van der Waals surface area contributed by atoms with Crippen LogP contribution < -0.4 is 0 Å². The van der Waals surface area contributed by atoms with Gasteiger partial charge in [-0.3, -0.25) is 14.4 Å². The Morgan fingerprint density at radius 2 is 0.700 bits per heavy atom. The molecule has 1 atom stereocenters. The first-order chi connectivity index (χ1) is 29.5. The van der Waals surface area contributed by atoms with E-state index in [-0.39, 0.29) is 44.4 Å². The molecular weight excluding hydrogens is 745 g/mol. The average Bonchev–Trinajstić information content (AvgIpc) is 3.24. The molecule has 0 N–H and O–H groups in total. The summed E-state index contributed by atoms with van der Waals surface area (Å²) in [5.74, 6) is -1.13. The van der Waals surface area contributed by atoms with Crippen LogP contribution in [0.3, 0.4) is 0 Å². The van der Waals surface area contributed by atoms with Gasteiger partial charge in [-0.05, 0) is 83.5 Å². The van der Waals surface area contributed by atoms with Crippen LogP contribution in [0.4, 0.5) is 0 Å². The van der Waals surface area contributed by atoms with E-state index in [2.05, 4.69) is 75.5 Å². The van der Waals surface area contributed by atoms with Crippen molar-refractivity contribution in [2.75, 3.05) is 13.2 Å². The first kappa shape index (κ1) is 54.8. The van der Waals surface area contributed by atoms with E-state index >= 15 is 0 Å². The van der Waals surface area contributed by atoms with Gasteiger partial charge in [0.2, 0.25) is 0 Å². The molecule has 0 saturated carbocycles. The van der Waals surface area contributed by atoms with Gasteiger partial charge in [0, 0.05) is 19.3 Å². The number of allylic oxidation sites excluding steroid dienone is 28. The van der Waals surface area contributed by atoms with E-state index in [1.807, 2.05) is 115 Å². The highest BCUT2D eigenvalue weighted by Crippen LogP contribution is 2.09. The van der Waals surface area contributed by atoms with Crippen molar-refractivity contribution >= 4 is 17.9 Å². The topological polar surface area (TPSA) is 78.9 Å². The van der Waals surface area contributed by atoms with Gasteiger partial charge in [-0.15, -0.1) is 0 Å². The SMILES string of the molecule is CC\C=C/C=C\C=C/C=C\C=C/CCCC(=O)OC(COC(=O)CCCC/C=C\C/C=C\C/C=C\CC)COC(=O)CCCCC\C=C/C=C/C=C\C=C/C=C\C=C/CC. The molecular formula is C54H76O6. The molecule has 0 amide bonds. The number of rotatable bonds is 36. The third-order valence-corrected chi connectivity index (χ3v) is 8.24. The van der Waals surface area contributed by atoms with E-state index in [1.54, 1.807) is 0 Å². The minimum atomic E-state index is -0.857. The maximum absolute atomic E-state index is 12.7. The second-order valence-corrected chi connectivity index (χ2v) is 13.7. The summed E-state index contributed by atoms with van der Waals surface area (Å²) < 4.78 is 16.6. The van der Waals surface area contributed by atoms with Crippen LogP contribution in [0.1, 0.15) is 130 Å². The Balaban J connectivity index is 4.69. The number of unbranched alkanes of at least 4 members (excludes halogenated alkanes) is 6. The average molecular weight is 821 g/mol. The van der Waals surface area contributed by atoms with Gasteiger partial charge < -0.3 is 14.2 Å². The van der Waals surface area contributed by atoms with Crippen molar-refractivity contribution in [2.24, 2.45) is 0 Å². The monoisotopic (exact) mass is 821 g/mol. The molecule has 0 bridgehead atoms. The van der Waals surface area contributed by atoms with E-state index in [9.17, 15) is 14.4 Å². The number of hydrogen-bond acceptors (Lipinski definition) is 6. The van der Waals surface area contributed by atoms with Gasteiger partial charge in [-0.1, -0.05) is 197 Å². The van der Waals surface area contributed by atoms with Gasteiger partial charge in [0.25, 0.3) is 0 Å². The number of carbonyl (C=O) groups excluding carboxylic acids is 3. The highest BCUT2D eigenvalue weighted by molar-refractivity contribution is 5.71. The summed E-state index contributed by atoms with van der Waals surface area (Å²) in [7, 11) is 0. The Kier molecular flexibility index (Phi) is 42.4. The third-order valence-electron chi connectivity index (χ3n) is 8.24. The minimum absolute atomic E-state index is 0.151. The summed E-state index contributed by atoms with van der Waals surface area (Å²) in [6, 6.07) is 0. The molecule has 0 rings (SSSR count). The number of hydrogen-bond donors (Lipinski definition) is 0. The van der Waals surface area contributed by atoms with Crippen LogP contribution in [-0.2, 0) is 28.6 Å². The largest absolute Gasteiger partial charge is 0.462 e. The molecule has 0 spiro atoms. The molecule has 6 heteroatoms. The van der Waals surface area contributed by atoms with Gasteiger partial charge >= 0.3 is 17.9 Å². The molecule has 0 aliphatic carbocycles. The molecule has 0 heterocycles. The predicted molar refractivity (Wildman–Crippen MR) is 255 cm³/mol. The summed E-state index contributed by atoms with van der Waals surface area (Å²) in [5, 5.41) is 0. The standard InChI is InChI=1S/C54H76O6/c1-4-7-10-13-16-19-22-25-26-27-28-30-32-35-38-41-44-47-53(56)59-50-51(49-58-52(55)46-43-40-37-34-31-24-21-18-15-12-9-6-3)60-54(57)48-45-42-39-36-33-29-23-20-17-14-11-8-5-2/h7-14,16-23,25-34,36,39,51H,4-6,15,24,35,37-38,40-50H2,1-3H3/b10-7-,11-8-,12-9-,16-13-,17-14-,21-18-,22-19-,23-20-,26-25-,28-27+,32-30-,33-29-,34-31-,39-36-. The van der Waals surface area contributed by atoms with Gasteiger partial charge in [0.05, 0.1) is 0 Å².